The third-order valence-electron chi connectivity index (χ3n) is 2.33. The molecule has 1 heterocycles. The second-order valence-electron chi connectivity index (χ2n) is 4.30. The number of hydrogen-bond donors (Lipinski definition) is 2. The van der Waals surface area contributed by atoms with E-state index in [1.165, 1.54) is 0 Å². The molecule has 0 aromatic carbocycles. The Hall–Kier alpha value is -1.43. The van der Waals surface area contributed by atoms with Gasteiger partial charge in [0.25, 0.3) is 0 Å². The van der Waals surface area contributed by atoms with Crippen molar-refractivity contribution in [1.82, 2.24) is 25.6 Å². The van der Waals surface area contributed by atoms with E-state index in [0.717, 1.165) is 25.2 Å². The molecule has 0 saturated heterocycles. The van der Waals surface area contributed by atoms with Crippen LogP contribution < -0.4 is 10.6 Å². The lowest BCUT2D eigenvalue weighted by atomic mass is 10.2. The van der Waals surface area contributed by atoms with Crippen LogP contribution in [0.2, 0.25) is 0 Å². The van der Waals surface area contributed by atoms with Gasteiger partial charge in [0, 0.05) is 31.7 Å². The van der Waals surface area contributed by atoms with Crippen LogP contribution in [0.4, 0.5) is 0 Å². The molecule has 0 aliphatic heterocycles. The van der Waals surface area contributed by atoms with Crippen LogP contribution >= 0.6 is 0 Å². The average Bonchev–Trinajstić information content (AvgIpc) is 2.85. The molecule has 0 atom stereocenters. The summed E-state index contributed by atoms with van der Waals surface area (Å²) in [6.45, 7) is 9.95. The van der Waals surface area contributed by atoms with Crippen LogP contribution in [0.15, 0.2) is 6.20 Å². The van der Waals surface area contributed by atoms with Crippen LogP contribution in [0.3, 0.4) is 0 Å². The van der Waals surface area contributed by atoms with Gasteiger partial charge in [-0.2, -0.15) is 0 Å². The fourth-order valence-electron chi connectivity index (χ4n) is 1.37. The van der Waals surface area contributed by atoms with Gasteiger partial charge in [0.05, 0.1) is 5.69 Å². The van der Waals surface area contributed by atoms with E-state index in [1.807, 2.05) is 40.9 Å². The molecule has 0 saturated carbocycles. The SMILES string of the molecule is CC.CNCc1cn(CCCNC(=O)C(C)C)nn1. The minimum absolute atomic E-state index is 0.0450. The van der Waals surface area contributed by atoms with E-state index in [2.05, 4.69) is 20.9 Å². The molecular weight excluding hydrogens is 242 g/mol. The molecular formula is C13H27N5O. The van der Waals surface area contributed by atoms with E-state index in [4.69, 9.17) is 0 Å². The summed E-state index contributed by atoms with van der Waals surface area (Å²) < 4.78 is 1.80. The minimum Gasteiger partial charge on any atom is -0.356 e. The second-order valence-corrected chi connectivity index (χ2v) is 4.30. The fourth-order valence-corrected chi connectivity index (χ4v) is 1.37. The molecule has 0 bridgehead atoms. The van der Waals surface area contributed by atoms with Crippen molar-refractivity contribution in [2.24, 2.45) is 5.92 Å². The lowest BCUT2D eigenvalue weighted by Crippen LogP contribution is -2.29. The van der Waals surface area contributed by atoms with Gasteiger partial charge in [0.15, 0.2) is 0 Å². The number of nitrogens with zero attached hydrogens (tertiary/aromatic N) is 3. The summed E-state index contributed by atoms with van der Waals surface area (Å²) in [5.41, 5.74) is 0.929. The number of aryl methyl sites for hydroxylation is 1. The molecule has 110 valence electrons. The van der Waals surface area contributed by atoms with Crippen LogP contribution in [0, 0.1) is 5.92 Å². The molecule has 2 N–H and O–H groups in total. The first-order valence-corrected chi connectivity index (χ1v) is 6.94. The van der Waals surface area contributed by atoms with Gasteiger partial charge in [-0.25, -0.2) is 0 Å². The molecule has 1 amide bonds. The Labute approximate surface area is 116 Å². The molecule has 0 aliphatic rings. The summed E-state index contributed by atoms with van der Waals surface area (Å²) in [5.74, 6) is 0.142. The zero-order valence-electron chi connectivity index (χ0n) is 12.7. The highest BCUT2D eigenvalue weighted by molar-refractivity contribution is 5.77. The monoisotopic (exact) mass is 269 g/mol. The molecule has 0 fully saturated rings. The predicted octanol–water partition coefficient (Wildman–Crippen LogP) is 1.19. The van der Waals surface area contributed by atoms with Crippen molar-refractivity contribution in [3.05, 3.63) is 11.9 Å². The number of amides is 1. The van der Waals surface area contributed by atoms with Crippen LogP contribution in [-0.4, -0.2) is 34.5 Å². The number of hydrogen-bond acceptors (Lipinski definition) is 4. The van der Waals surface area contributed by atoms with Crippen molar-refractivity contribution in [2.45, 2.75) is 47.2 Å². The van der Waals surface area contributed by atoms with E-state index in [-0.39, 0.29) is 11.8 Å². The van der Waals surface area contributed by atoms with Crippen LogP contribution in [0.5, 0.6) is 0 Å². The Morgan fingerprint density at radius 1 is 1.42 bits per heavy atom. The smallest absolute Gasteiger partial charge is 0.222 e. The maximum absolute atomic E-state index is 11.3. The summed E-state index contributed by atoms with van der Waals surface area (Å²) in [7, 11) is 1.88. The number of carbonyl (C=O) groups excluding carboxylic acids is 1. The zero-order chi connectivity index (χ0) is 14.7. The van der Waals surface area contributed by atoms with E-state index >= 15 is 0 Å². The average molecular weight is 269 g/mol. The quantitative estimate of drug-likeness (QED) is 0.729. The molecule has 6 heteroatoms. The molecule has 0 spiro atoms. The highest BCUT2D eigenvalue weighted by Crippen LogP contribution is 1.95. The predicted molar refractivity (Wildman–Crippen MR) is 76.6 cm³/mol. The van der Waals surface area contributed by atoms with Crippen LogP contribution in [-0.2, 0) is 17.9 Å². The van der Waals surface area contributed by atoms with Crippen LogP contribution in [0.1, 0.15) is 39.8 Å². The lowest BCUT2D eigenvalue weighted by molar-refractivity contribution is -0.123. The van der Waals surface area contributed by atoms with E-state index in [0.29, 0.717) is 6.54 Å². The maximum atomic E-state index is 11.3. The Bertz CT molecular complexity index is 349. The second kappa shape index (κ2) is 10.5. The number of aromatic nitrogens is 3. The summed E-state index contributed by atoms with van der Waals surface area (Å²) in [6, 6.07) is 0. The molecule has 1 aromatic rings. The molecule has 1 rings (SSSR count). The summed E-state index contributed by atoms with van der Waals surface area (Å²) in [6.07, 6.45) is 2.78. The van der Waals surface area contributed by atoms with Crippen molar-refractivity contribution in [1.29, 1.82) is 0 Å². The Morgan fingerprint density at radius 3 is 2.68 bits per heavy atom. The topological polar surface area (TPSA) is 71.8 Å². The molecule has 1 aromatic heterocycles. The Kier molecular flexibility index (Phi) is 9.70. The highest BCUT2D eigenvalue weighted by atomic mass is 16.1. The Morgan fingerprint density at radius 2 is 2.11 bits per heavy atom. The fraction of sp³-hybridized carbons (Fsp3) is 0.769. The first-order valence-electron chi connectivity index (χ1n) is 6.94. The van der Waals surface area contributed by atoms with Gasteiger partial charge in [-0.3, -0.25) is 9.48 Å². The third kappa shape index (κ3) is 7.56. The maximum Gasteiger partial charge on any atom is 0.222 e. The van der Waals surface area contributed by atoms with Crippen LogP contribution in [0.25, 0.3) is 0 Å². The number of nitrogens with one attached hydrogen (secondary N) is 2. The number of rotatable bonds is 7. The first kappa shape index (κ1) is 17.6. The molecule has 0 aliphatic carbocycles. The molecule has 6 nitrogen and oxygen atoms in total. The molecule has 0 radical (unpaired) electrons. The van der Waals surface area contributed by atoms with Gasteiger partial charge >= 0.3 is 0 Å². The molecule has 0 unspecified atom stereocenters. The standard InChI is InChI=1S/C11H21N5O.C2H6/c1-9(2)11(17)13-5-4-6-16-8-10(7-12-3)14-15-16;1-2/h8-9,12H,4-7H2,1-3H3,(H,13,17);1-2H3. The van der Waals surface area contributed by atoms with Gasteiger partial charge < -0.3 is 10.6 Å². The summed E-state index contributed by atoms with van der Waals surface area (Å²) in [5, 5.41) is 13.9. The largest absolute Gasteiger partial charge is 0.356 e. The first-order chi connectivity index (χ1) is 9.13. The number of carbonyl (C=O) groups is 1. The Balaban J connectivity index is 0.00000154. The van der Waals surface area contributed by atoms with E-state index in [9.17, 15) is 4.79 Å². The van der Waals surface area contributed by atoms with E-state index < -0.39 is 0 Å². The highest BCUT2D eigenvalue weighted by Gasteiger charge is 2.05. The summed E-state index contributed by atoms with van der Waals surface area (Å²) >= 11 is 0. The van der Waals surface area contributed by atoms with Gasteiger partial charge in [-0.1, -0.05) is 32.9 Å². The molecule has 19 heavy (non-hydrogen) atoms. The summed E-state index contributed by atoms with van der Waals surface area (Å²) in [4.78, 5) is 11.3. The van der Waals surface area contributed by atoms with Crippen molar-refractivity contribution in [2.75, 3.05) is 13.6 Å². The van der Waals surface area contributed by atoms with Gasteiger partial charge in [-0.15, -0.1) is 5.10 Å². The van der Waals surface area contributed by atoms with Crippen molar-refractivity contribution >= 4 is 5.91 Å². The lowest BCUT2D eigenvalue weighted by Gasteiger charge is -2.06. The zero-order valence-corrected chi connectivity index (χ0v) is 12.7. The van der Waals surface area contributed by atoms with E-state index in [1.54, 1.807) is 4.68 Å². The normalized spacial score (nSPS) is 10.0. The van der Waals surface area contributed by atoms with Crippen molar-refractivity contribution < 1.29 is 4.79 Å². The van der Waals surface area contributed by atoms with Gasteiger partial charge in [0.1, 0.15) is 0 Å². The third-order valence-corrected chi connectivity index (χ3v) is 2.33. The van der Waals surface area contributed by atoms with Gasteiger partial charge in [0.2, 0.25) is 5.91 Å². The van der Waals surface area contributed by atoms with Crippen molar-refractivity contribution in [3.8, 4) is 0 Å². The van der Waals surface area contributed by atoms with Crippen molar-refractivity contribution in [3.63, 3.8) is 0 Å². The van der Waals surface area contributed by atoms with Gasteiger partial charge in [-0.05, 0) is 13.5 Å². The minimum atomic E-state index is 0.0450.